The van der Waals surface area contributed by atoms with Gasteiger partial charge in [0.05, 0.1) is 0 Å². The fourth-order valence-electron chi connectivity index (χ4n) is 1.45. The first-order chi connectivity index (χ1) is 3.84. The van der Waals surface area contributed by atoms with Gasteiger partial charge in [-0.3, -0.25) is 0 Å². The lowest BCUT2D eigenvalue weighted by Crippen LogP contribution is -2.03. The lowest BCUT2D eigenvalue weighted by Gasteiger charge is -2.09. The summed E-state index contributed by atoms with van der Waals surface area (Å²) < 4.78 is 1.37. The Hall–Kier alpha value is 0.730. The molecule has 0 heterocycles. The normalized spacial score (nSPS) is 38.2. The first kappa shape index (κ1) is 6.84. The molecule has 1 heteroatoms. The van der Waals surface area contributed by atoms with E-state index in [1.807, 2.05) is 0 Å². The minimum absolute atomic E-state index is 1.02. The van der Waals surface area contributed by atoms with E-state index in [1.54, 1.807) is 0 Å². The molecule has 8 heavy (non-hydrogen) atoms. The fraction of sp³-hybridized carbons (Fsp3) is 1.00. The third kappa shape index (κ3) is 1.36. The summed E-state index contributed by atoms with van der Waals surface area (Å²) in [6, 6.07) is 0. The topological polar surface area (TPSA) is 0 Å². The molecule has 0 unspecified atom stereocenters. The van der Waals surface area contributed by atoms with Crippen molar-refractivity contribution in [1.29, 1.82) is 0 Å². The van der Waals surface area contributed by atoms with Gasteiger partial charge in [-0.25, -0.2) is 0 Å². The highest BCUT2D eigenvalue weighted by Gasteiger charge is 2.21. The van der Waals surface area contributed by atoms with Crippen LogP contribution in [-0.2, 0) is 0 Å². The predicted molar refractivity (Wildman–Crippen MR) is 45.4 cm³/mol. The van der Waals surface area contributed by atoms with Gasteiger partial charge in [-0.05, 0) is 18.3 Å². The molecule has 0 spiro atoms. The van der Waals surface area contributed by atoms with Gasteiger partial charge in [0.15, 0.2) is 0 Å². The van der Waals surface area contributed by atoms with Gasteiger partial charge in [-0.1, -0.05) is 42.4 Å². The molecule has 0 bridgehead atoms. The first-order valence-corrected chi connectivity index (χ1v) is 4.93. The maximum absolute atomic E-state index is 2.50. The van der Waals surface area contributed by atoms with Crippen molar-refractivity contribution in [2.45, 2.75) is 26.2 Å². The Morgan fingerprint density at radius 1 is 1.50 bits per heavy atom. The predicted octanol–water partition coefficient (Wildman–Crippen LogP) is 2.86. The van der Waals surface area contributed by atoms with Crippen molar-refractivity contribution in [1.82, 2.24) is 0 Å². The quantitative estimate of drug-likeness (QED) is 0.474. The molecule has 0 aromatic carbocycles. The van der Waals surface area contributed by atoms with Crippen LogP contribution in [0.3, 0.4) is 0 Å². The second-order valence-electron chi connectivity index (χ2n) is 2.82. The Kier molecular flexibility index (Phi) is 2.60. The van der Waals surface area contributed by atoms with Crippen LogP contribution in [0.25, 0.3) is 0 Å². The van der Waals surface area contributed by atoms with Crippen LogP contribution in [0.1, 0.15) is 26.2 Å². The Morgan fingerprint density at radius 3 is 2.50 bits per heavy atom. The van der Waals surface area contributed by atoms with Crippen molar-refractivity contribution >= 4 is 22.6 Å². The summed E-state index contributed by atoms with van der Waals surface area (Å²) in [6.45, 7) is 2.39. The van der Waals surface area contributed by atoms with E-state index < -0.39 is 0 Å². The molecule has 1 aliphatic carbocycles. The van der Waals surface area contributed by atoms with Crippen molar-refractivity contribution in [3.8, 4) is 0 Å². The van der Waals surface area contributed by atoms with Crippen molar-refractivity contribution in [3.63, 3.8) is 0 Å². The van der Waals surface area contributed by atoms with Gasteiger partial charge in [0, 0.05) is 4.43 Å². The molecule has 1 saturated carbocycles. The Balaban J connectivity index is 2.30. The highest BCUT2D eigenvalue weighted by molar-refractivity contribution is 14.1. The average molecular weight is 224 g/mol. The van der Waals surface area contributed by atoms with Crippen molar-refractivity contribution in [3.05, 3.63) is 0 Å². The Labute approximate surface area is 65.2 Å². The maximum Gasteiger partial charge on any atom is 0.00262 e. The number of alkyl halides is 1. The second-order valence-corrected chi connectivity index (χ2v) is 3.70. The second kappa shape index (κ2) is 3.04. The minimum Gasteiger partial charge on any atom is -0.0861 e. The standard InChI is InChI=1S/C7H13I/c1-6-3-2-4-7(6)5-8/h6-7H,2-5H2,1H3/t6-,7+/m0/s1. The van der Waals surface area contributed by atoms with Crippen LogP contribution in [0.5, 0.6) is 0 Å². The molecule has 0 aromatic heterocycles. The van der Waals surface area contributed by atoms with Gasteiger partial charge in [0.2, 0.25) is 0 Å². The summed E-state index contributed by atoms with van der Waals surface area (Å²) in [5.74, 6) is 2.07. The molecule has 0 saturated heterocycles. The number of halogens is 1. The molecule has 48 valence electrons. The van der Waals surface area contributed by atoms with Crippen LogP contribution in [-0.4, -0.2) is 4.43 Å². The molecular formula is C7H13I. The van der Waals surface area contributed by atoms with Crippen LogP contribution in [0.2, 0.25) is 0 Å². The highest BCUT2D eigenvalue weighted by atomic mass is 127. The molecule has 0 amide bonds. The molecule has 1 aliphatic rings. The zero-order valence-corrected chi connectivity index (χ0v) is 7.52. The Bertz CT molecular complexity index is 70.8. The average Bonchev–Trinajstić information content (AvgIpc) is 2.14. The molecule has 1 fully saturated rings. The summed E-state index contributed by atoms with van der Waals surface area (Å²) in [5.41, 5.74) is 0. The van der Waals surface area contributed by atoms with E-state index >= 15 is 0 Å². The molecule has 0 N–H and O–H groups in total. The molecule has 1 rings (SSSR count). The number of hydrogen-bond acceptors (Lipinski definition) is 0. The van der Waals surface area contributed by atoms with Crippen LogP contribution >= 0.6 is 22.6 Å². The number of hydrogen-bond donors (Lipinski definition) is 0. The largest absolute Gasteiger partial charge is 0.0861 e. The van der Waals surface area contributed by atoms with E-state index in [1.165, 1.54) is 23.7 Å². The smallest absolute Gasteiger partial charge is 0.00262 e. The summed E-state index contributed by atoms with van der Waals surface area (Å²) in [5, 5.41) is 0. The highest BCUT2D eigenvalue weighted by Crippen LogP contribution is 2.32. The summed E-state index contributed by atoms with van der Waals surface area (Å²) >= 11 is 2.50. The van der Waals surface area contributed by atoms with Crippen molar-refractivity contribution in [2.24, 2.45) is 11.8 Å². The fourth-order valence-corrected chi connectivity index (χ4v) is 2.76. The third-order valence-electron chi connectivity index (χ3n) is 2.24. The van der Waals surface area contributed by atoms with Crippen LogP contribution in [0.15, 0.2) is 0 Å². The van der Waals surface area contributed by atoms with E-state index in [2.05, 4.69) is 29.5 Å². The van der Waals surface area contributed by atoms with Gasteiger partial charge in [-0.15, -0.1) is 0 Å². The van der Waals surface area contributed by atoms with Crippen LogP contribution in [0, 0.1) is 11.8 Å². The van der Waals surface area contributed by atoms with Crippen molar-refractivity contribution < 1.29 is 0 Å². The Morgan fingerprint density at radius 2 is 2.25 bits per heavy atom. The summed E-state index contributed by atoms with van der Waals surface area (Å²) in [7, 11) is 0. The molecule has 0 aliphatic heterocycles. The van der Waals surface area contributed by atoms with Gasteiger partial charge >= 0.3 is 0 Å². The molecule has 2 atom stereocenters. The van der Waals surface area contributed by atoms with Crippen LogP contribution in [0.4, 0.5) is 0 Å². The van der Waals surface area contributed by atoms with E-state index in [-0.39, 0.29) is 0 Å². The van der Waals surface area contributed by atoms with Gasteiger partial charge in [-0.2, -0.15) is 0 Å². The first-order valence-electron chi connectivity index (χ1n) is 3.40. The zero-order chi connectivity index (χ0) is 5.98. The molecule has 0 nitrogen and oxygen atoms in total. The third-order valence-corrected chi connectivity index (χ3v) is 3.37. The van der Waals surface area contributed by atoms with Crippen molar-refractivity contribution in [2.75, 3.05) is 4.43 Å². The van der Waals surface area contributed by atoms with E-state index in [4.69, 9.17) is 0 Å². The summed E-state index contributed by atoms with van der Waals surface area (Å²) in [6.07, 6.45) is 4.45. The SMILES string of the molecule is C[C@H]1CCC[C@@H]1CI. The lowest BCUT2D eigenvalue weighted by atomic mass is 10.0. The molecule has 0 aromatic rings. The van der Waals surface area contributed by atoms with Crippen LogP contribution < -0.4 is 0 Å². The molecular weight excluding hydrogens is 211 g/mol. The molecule has 0 radical (unpaired) electrons. The van der Waals surface area contributed by atoms with E-state index in [0.717, 1.165) is 11.8 Å². The lowest BCUT2D eigenvalue weighted by molar-refractivity contribution is 0.470. The zero-order valence-electron chi connectivity index (χ0n) is 5.36. The van der Waals surface area contributed by atoms with Gasteiger partial charge in [0.25, 0.3) is 0 Å². The van der Waals surface area contributed by atoms with Gasteiger partial charge in [0.1, 0.15) is 0 Å². The van der Waals surface area contributed by atoms with E-state index in [0.29, 0.717) is 0 Å². The number of rotatable bonds is 1. The van der Waals surface area contributed by atoms with Gasteiger partial charge < -0.3 is 0 Å². The monoisotopic (exact) mass is 224 g/mol. The minimum atomic E-state index is 1.02. The van der Waals surface area contributed by atoms with E-state index in [9.17, 15) is 0 Å². The summed E-state index contributed by atoms with van der Waals surface area (Å²) in [4.78, 5) is 0. The maximum atomic E-state index is 2.50.